The highest BCUT2D eigenvalue weighted by atomic mass is 16.6. The molecule has 1 fully saturated rings. The van der Waals surface area contributed by atoms with Gasteiger partial charge in [-0.1, -0.05) is 0 Å². The van der Waals surface area contributed by atoms with Crippen molar-refractivity contribution in [3.8, 4) is 0 Å². The van der Waals surface area contributed by atoms with Gasteiger partial charge in [0, 0.05) is 19.5 Å². The Morgan fingerprint density at radius 3 is 2.32 bits per heavy atom. The molecule has 1 heterocycles. The Kier molecular flexibility index (Phi) is 5.79. The molecule has 0 saturated carbocycles. The second-order valence-corrected chi connectivity index (χ2v) is 6.07. The van der Waals surface area contributed by atoms with Crippen LogP contribution in [0.25, 0.3) is 0 Å². The molecule has 1 rings (SSSR count). The highest BCUT2D eigenvalue weighted by molar-refractivity contribution is 5.78. The average Bonchev–Trinajstić information content (AvgIpc) is 2.34. The normalized spacial score (nSPS) is 18.1. The molecule has 0 bridgehead atoms. The molecule has 110 valence electrons. The summed E-state index contributed by atoms with van der Waals surface area (Å²) in [5.74, 6) is 0.107. The fraction of sp³-hybridized carbons (Fsp3) is 0.857. The van der Waals surface area contributed by atoms with Gasteiger partial charge in [0.15, 0.2) is 0 Å². The molecule has 1 saturated heterocycles. The number of piperidine rings is 1. The monoisotopic (exact) mass is 270 g/mol. The average molecular weight is 270 g/mol. The smallest absolute Gasteiger partial charge is 0.307 e. The van der Waals surface area contributed by atoms with Crippen LogP contribution in [0.4, 0.5) is 0 Å². The van der Waals surface area contributed by atoms with Crippen molar-refractivity contribution < 1.29 is 14.3 Å². The Balaban J connectivity index is 2.23. The number of rotatable bonds is 4. The van der Waals surface area contributed by atoms with Crippen LogP contribution in [0.2, 0.25) is 0 Å². The van der Waals surface area contributed by atoms with E-state index in [-0.39, 0.29) is 17.8 Å². The maximum Gasteiger partial charge on any atom is 0.307 e. The van der Waals surface area contributed by atoms with Gasteiger partial charge in [0.1, 0.15) is 5.60 Å². The fourth-order valence-electron chi connectivity index (χ4n) is 2.26. The quantitative estimate of drug-likeness (QED) is 0.779. The summed E-state index contributed by atoms with van der Waals surface area (Å²) in [4.78, 5) is 25.3. The lowest BCUT2D eigenvalue weighted by Crippen LogP contribution is -2.40. The van der Waals surface area contributed by atoms with Crippen LogP contribution in [0.15, 0.2) is 0 Å². The summed E-state index contributed by atoms with van der Waals surface area (Å²) in [6.07, 6.45) is 2.16. The van der Waals surface area contributed by atoms with Gasteiger partial charge in [0.25, 0.3) is 0 Å². The third-order valence-electron chi connectivity index (χ3n) is 3.26. The lowest BCUT2D eigenvalue weighted by atomic mass is 9.96. The molecule has 0 aromatic heterocycles. The van der Waals surface area contributed by atoms with Gasteiger partial charge in [-0.25, -0.2) is 0 Å². The molecule has 0 atom stereocenters. The molecule has 1 aliphatic heterocycles. The Bertz CT molecular complexity index is 315. The first-order chi connectivity index (χ1) is 8.81. The predicted octanol–water partition coefficient (Wildman–Crippen LogP) is 1.18. The topological polar surface area (TPSA) is 58.6 Å². The number of likely N-dealkylation sites (tertiary alicyclic amines) is 1. The van der Waals surface area contributed by atoms with E-state index in [0.717, 1.165) is 32.5 Å². The van der Waals surface area contributed by atoms with Crippen molar-refractivity contribution in [2.24, 2.45) is 5.92 Å². The van der Waals surface area contributed by atoms with Gasteiger partial charge in [-0.3, -0.25) is 9.59 Å². The fourth-order valence-corrected chi connectivity index (χ4v) is 2.26. The van der Waals surface area contributed by atoms with Gasteiger partial charge >= 0.3 is 5.97 Å². The van der Waals surface area contributed by atoms with Crippen LogP contribution >= 0.6 is 0 Å². The van der Waals surface area contributed by atoms with Gasteiger partial charge in [0.05, 0.1) is 6.42 Å². The van der Waals surface area contributed by atoms with E-state index >= 15 is 0 Å². The molecule has 1 amide bonds. The van der Waals surface area contributed by atoms with Crippen molar-refractivity contribution in [1.82, 2.24) is 10.2 Å². The number of carbonyl (C=O) groups is 2. The molecule has 0 aromatic carbocycles. The number of ether oxygens (including phenoxy) is 1. The molecule has 0 aliphatic carbocycles. The second kappa shape index (κ2) is 6.89. The van der Waals surface area contributed by atoms with E-state index in [2.05, 4.69) is 10.2 Å². The SMILES string of the molecule is CNC(=O)C1CCN(CCC(=O)OC(C)(C)C)CC1. The molecular weight excluding hydrogens is 244 g/mol. The van der Waals surface area contributed by atoms with Gasteiger partial charge in [-0.15, -0.1) is 0 Å². The van der Waals surface area contributed by atoms with Gasteiger partial charge in [-0.2, -0.15) is 0 Å². The summed E-state index contributed by atoms with van der Waals surface area (Å²) in [6.45, 7) is 8.09. The maximum absolute atomic E-state index is 11.6. The number of nitrogens with one attached hydrogen (secondary N) is 1. The van der Waals surface area contributed by atoms with Crippen LogP contribution in [-0.2, 0) is 14.3 Å². The zero-order valence-electron chi connectivity index (χ0n) is 12.5. The Morgan fingerprint density at radius 1 is 1.26 bits per heavy atom. The molecule has 19 heavy (non-hydrogen) atoms. The summed E-state index contributed by atoms with van der Waals surface area (Å²) in [5, 5.41) is 2.69. The third-order valence-corrected chi connectivity index (χ3v) is 3.26. The molecule has 0 unspecified atom stereocenters. The van der Waals surface area contributed by atoms with E-state index in [1.54, 1.807) is 7.05 Å². The number of hydrogen-bond donors (Lipinski definition) is 1. The maximum atomic E-state index is 11.6. The van der Waals surface area contributed by atoms with E-state index in [9.17, 15) is 9.59 Å². The van der Waals surface area contributed by atoms with Gasteiger partial charge < -0.3 is 15.0 Å². The first-order valence-corrected chi connectivity index (χ1v) is 6.97. The van der Waals surface area contributed by atoms with E-state index in [1.807, 2.05) is 20.8 Å². The predicted molar refractivity (Wildman–Crippen MR) is 73.7 cm³/mol. The minimum Gasteiger partial charge on any atom is -0.460 e. The van der Waals surface area contributed by atoms with Crippen LogP contribution in [0.1, 0.15) is 40.0 Å². The molecule has 0 aromatic rings. The van der Waals surface area contributed by atoms with E-state index < -0.39 is 5.60 Å². The van der Waals surface area contributed by atoms with Crippen molar-refractivity contribution >= 4 is 11.9 Å². The first kappa shape index (κ1) is 16.0. The lowest BCUT2D eigenvalue weighted by molar-refractivity contribution is -0.155. The number of carbonyl (C=O) groups excluding carboxylic acids is 2. The number of nitrogens with zero attached hydrogens (tertiary/aromatic N) is 1. The number of hydrogen-bond acceptors (Lipinski definition) is 4. The molecular formula is C14H26N2O3. The molecule has 1 N–H and O–H groups in total. The highest BCUT2D eigenvalue weighted by Gasteiger charge is 2.24. The highest BCUT2D eigenvalue weighted by Crippen LogP contribution is 2.17. The molecule has 5 nitrogen and oxygen atoms in total. The minimum absolute atomic E-state index is 0.128. The molecule has 0 spiro atoms. The summed E-state index contributed by atoms with van der Waals surface area (Å²) in [6, 6.07) is 0. The largest absolute Gasteiger partial charge is 0.460 e. The first-order valence-electron chi connectivity index (χ1n) is 6.97. The zero-order valence-corrected chi connectivity index (χ0v) is 12.5. The van der Waals surface area contributed by atoms with Crippen molar-refractivity contribution in [3.05, 3.63) is 0 Å². The zero-order chi connectivity index (χ0) is 14.5. The Morgan fingerprint density at radius 2 is 1.84 bits per heavy atom. The van der Waals surface area contributed by atoms with Gasteiger partial charge in [-0.05, 0) is 46.7 Å². The molecule has 0 radical (unpaired) electrons. The van der Waals surface area contributed by atoms with Crippen molar-refractivity contribution in [1.29, 1.82) is 0 Å². The van der Waals surface area contributed by atoms with Crippen LogP contribution in [-0.4, -0.2) is 49.1 Å². The van der Waals surface area contributed by atoms with E-state index in [0.29, 0.717) is 6.42 Å². The molecule has 5 heteroatoms. The minimum atomic E-state index is -0.413. The summed E-state index contributed by atoms with van der Waals surface area (Å²) in [7, 11) is 1.68. The molecule has 1 aliphatic rings. The lowest BCUT2D eigenvalue weighted by Gasteiger charge is -2.31. The number of esters is 1. The van der Waals surface area contributed by atoms with E-state index in [1.165, 1.54) is 0 Å². The Labute approximate surface area is 115 Å². The summed E-state index contributed by atoms with van der Waals surface area (Å²) >= 11 is 0. The summed E-state index contributed by atoms with van der Waals surface area (Å²) < 4.78 is 5.28. The summed E-state index contributed by atoms with van der Waals surface area (Å²) in [5.41, 5.74) is -0.413. The van der Waals surface area contributed by atoms with Crippen molar-refractivity contribution in [2.45, 2.75) is 45.6 Å². The standard InChI is InChI=1S/C14H26N2O3/c1-14(2,3)19-12(17)7-10-16-8-5-11(6-9-16)13(18)15-4/h11H,5-10H2,1-4H3,(H,15,18). The van der Waals surface area contributed by atoms with Crippen LogP contribution < -0.4 is 5.32 Å². The van der Waals surface area contributed by atoms with Crippen LogP contribution in [0.3, 0.4) is 0 Å². The van der Waals surface area contributed by atoms with Crippen LogP contribution in [0.5, 0.6) is 0 Å². The van der Waals surface area contributed by atoms with Crippen LogP contribution in [0, 0.1) is 5.92 Å². The van der Waals surface area contributed by atoms with E-state index in [4.69, 9.17) is 4.74 Å². The second-order valence-electron chi connectivity index (χ2n) is 6.07. The Hall–Kier alpha value is -1.10. The third kappa shape index (κ3) is 6.05. The number of amides is 1. The van der Waals surface area contributed by atoms with Crippen molar-refractivity contribution in [3.63, 3.8) is 0 Å². The van der Waals surface area contributed by atoms with Crippen molar-refractivity contribution in [2.75, 3.05) is 26.7 Å². The van der Waals surface area contributed by atoms with Gasteiger partial charge in [0.2, 0.25) is 5.91 Å².